The van der Waals surface area contributed by atoms with Gasteiger partial charge in [-0.3, -0.25) is 13.8 Å². The molecule has 0 spiro atoms. The molecule has 0 saturated carbocycles. The van der Waals surface area contributed by atoms with Gasteiger partial charge in [0, 0.05) is 6.42 Å². The van der Waals surface area contributed by atoms with Crippen molar-refractivity contribution in [2.75, 3.05) is 40.9 Å². The molecule has 0 aliphatic rings. The Morgan fingerprint density at radius 3 is 0.989 bits per heavy atom. The highest BCUT2D eigenvalue weighted by Crippen LogP contribution is 2.43. The number of phosphoric ester groups is 1. The van der Waals surface area contributed by atoms with Crippen molar-refractivity contribution < 1.29 is 32.9 Å². The Kier molecular flexibility index (Phi) is 67.7. The van der Waals surface area contributed by atoms with E-state index in [0.29, 0.717) is 23.9 Å². The summed E-state index contributed by atoms with van der Waals surface area (Å²) in [7, 11) is 1.61. The number of phosphoric acid groups is 1. The molecule has 3 atom stereocenters. The standard InChI is InChI=1S/C80H147N2O6P/c1-6-8-10-12-14-16-18-20-22-24-26-28-30-32-34-36-38-40-41-42-44-46-48-50-52-54-56-58-60-62-64-66-68-70-72-74-80(84)81-78(77-88-89(85,86)87-76-75-82(3,4)5)79(83)73-71-69-67-65-63-61-59-57-55-53-51-49-47-45-43-39-37-35-33-31-29-27-25-23-21-19-17-15-13-11-9-7-2/h8,10,14,16,20,22,26,28,32,34,38,40,42,44,48,50,78-79,83H,6-7,9,11-13,15,17-19,21,23-25,27,29-31,33,35-37,39,41,43,45-47,49,51-77H2,1-5H3,(H-,81,84,85,86)/p+1/b10-8-,16-14-,22-20-,28-26-,34-32-,40-38-,44-42-,50-48-. The smallest absolute Gasteiger partial charge is 0.391 e. The molecule has 9 heteroatoms. The van der Waals surface area contributed by atoms with Crippen LogP contribution in [0.4, 0.5) is 0 Å². The van der Waals surface area contributed by atoms with Gasteiger partial charge >= 0.3 is 7.82 Å². The van der Waals surface area contributed by atoms with E-state index in [4.69, 9.17) is 9.05 Å². The van der Waals surface area contributed by atoms with Gasteiger partial charge in [0.15, 0.2) is 0 Å². The molecule has 0 radical (unpaired) electrons. The minimum absolute atomic E-state index is 0.0706. The predicted molar refractivity (Wildman–Crippen MR) is 392 cm³/mol. The average molecular weight is 1270 g/mol. The van der Waals surface area contributed by atoms with Gasteiger partial charge in [-0.15, -0.1) is 0 Å². The average Bonchev–Trinajstić information content (AvgIpc) is 3.64. The van der Waals surface area contributed by atoms with Crippen LogP contribution in [0, 0.1) is 0 Å². The van der Waals surface area contributed by atoms with E-state index in [-0.39, 0.29) is 19.1 Å². The number of carbonyl (C=O) groups is 1. The zero-order valence-corrected chi connectivity index (χ0v) is 60.3. The number of aliphatic hydroxyl groups excluding tert-OH is 1. The first-order chi connectivity index (χ1) is 43.5. The van der Waals surface area contributed by atoms with Crippen molar-refractivity contribution >= 4 is 13.7 Å². The van der Waals surface area contributed by atoms with E-state index in [1.54, 1.807) is 0 Å². The first-order valence-electron chi connectivity index (χ1n) is 38.1. The topological polar surface area (TPSA) is 105 Å². The molecule has 0 aliphatic heterocycles. The van der Waals surface area contributed by atoms with Crippen LogP contribution < -0.4 is 5.32 Å². The van der Waals surface area contributed by atoms with Crippen molar-refractivity contribution in [3.8, 4) is 0 Å². The molecule has 0 bridgehead atoms. The number of allylic oxidation sites excluding steroid dienone is 16. The molecule has 8 nitrogen and oxygen atoms in total. The summed E-state index contributed by atoms with van der Waals surface area (Å²) in [5, 5.41) is 14.2. The number of aliphatic hydroxyl groups is 1. The summed E-state index contributed by atoms with van der Waals surface area (Å²) in [6.07, 6.45) is 101. The van der Waals surface area contributed by atoms with E-state index in [9.17, 15) is 19.4 Å². The van der Waals surface area contributed by atoms with Crippen molar-refractivity contribution in [2.45, 2.75) is 366 Å². The molecule has 0 heterocycles. The van der Waals surface area contributed by atoms with Crippen LogP contribution in [-0.4, -0.2) is 73.4 Å². The summed E-state index contributed by atoms with van der Waals surface area (Å²) in [5.41, 5.74) is 0. The number of nitrogens with zero attached hydrogens (tertiary/aromatic N) is 1. The van der Waals surface area contributed by atoms with Gasteiger partial charge in [0.25, 0.3) is 0 Å². The maximum absolute atomic E-state index is 13.1. The molecule has 89 heavy (non-hydrogen) atoms. The number of hydrogen-bond acceptors (Lipinski definition) is 5. The number of unbranched alkanes of at least 4 members (excludes halogenated alkanes) is 41. The zero-order valence-electron chi connectivity index (χ0n) is 59.4. The highest BCUT2D eigenvalue weighted by atomic mass is 31.2. The van der Waals surface area contributed by atoms with Crippen LogP contribution in [0.3, 0.4) is 0 Å². The molecule has 0 fully saturated rings. The lowest BCUT2D eigenvalue weighted by Gasteiger charge is -2.26. The maximum atomic E-state index is 13.1. The molecule has 0 saturated heterocycles. The monoisotopic (exact) mass is 1260 g/mol. The summed E-state index contributed by atoms with van der Waals surface area (Å²) in [6, 6.07) is -0.772. The second kappa shape index (κ2) is 69.8. The summed E-state index contributed by atoms with van der Waals surface area (Å²) >= 11 is 0. The van der Waals surface area contributed by atoms with E-state index >= 15 is 0 Å². The lowest BCUT2D eigenvalue weighted by molar-refractivity contribution is -0.870. The van der Waals surface area contributed by atoms with Crippen molar-refractivity contribution in [3.05, 3.63) is 97.2 Å². The molecule has 0 rings (SSSR count). The largest absolute Gasteiger partial charge is 0.472 e. The van der Waals surface area contributed by atoms with Crippen molar-refractivity contribution in [1.29, 1.82) is 0 Å². The third kappa shape index (κ3) is 72.7. The van der Waals surface area contributed by atoms with Crippen LogP contribution in [0.25, 0.3) is 0 Å². The third-order valence-corrected chi connectivity index (χ3v) is 18.1. The fraction of sp³-hybridized carbons (Fsp3) is 0.787. The number of quaternary nitrogens is 1. The number of rotatable bonds is 70. The van der Waals surface area contributed by atoms with Crippen LogP contribution in [0.2, 0.25) is 0 Å². The van der Waals surface area contributed by atoms with Gasteiger partial charge in [0.05, 0.1) is 39.9 Å². The highest BCUT2D eigenvalue weighted by molar-refractivity contribution is 7.47. The number of likely N-dealkylation sites (N-methyl/N-ethyl adjacent to an activating group) is 1. The first-order valence-corrected chi connectivity index (χ1v) is 39.6. The Balaban J connectivity index is 4.03. The molecule has 0 aromatic rings. The minimum Gasteiger partial charge on any atom is -0.391 e. The second-order valence-corrected chi connectivity index (χ2v) is 28.5. The Morgan fingerprint density at radius 1 is 0.393 bits per heavy atom. The van der Waals surface area contributed by atoms with Crippen LogP contribution in [0.15, 0.2) is 97.2 Å². The van der Waals surface area contributed by atoms with E-state index in [2.05, 4.69) is 116 Å². The predicted octanol–water partition coefficient (Wildman–Crippen LogP) is 24.8. The van der Waals surface area contributed by atoms with Crippen molar-refractivity contribution in [2.24, 2.45) is 0 Å². The quantitative estimate of drug-likeness (QED) is 0.0243. The third-order valence-electron chi connectivity index (χ3n) is 17.1. The van der Waals surface area contributed by atoms with E-state index in [0.717, 1.165) is 96.3 Å². The number of amides is 1. The first kappa shape index (κ1) is 86.4. The summed E-state index contributed by atoms with van der Waals surface area (Å²) < 4.78 is 23.9. The second-order valence-electron chi connectivity index (χ2n) is 27.0. The Labute approximate surface area is 553 Å². The van der Waals surface area contributed by atoms with Gasteiger partial charge < -0.3 is 19.8 Å². The van der Waals surface area contributed by atoms with Gasteiger partial charge in [-0.05, 0) is 77.0 Å². The Hall–Kier alpha value is -2.58. The van der Waals surface area contributed by atoms with E-state index < -0.39 is 20.0 Å². The molecule has 1 amide bonds. The number of nitrogens with one attached hydrogen (secondary N) is 1. The van der Waals surface area contributed by atoms with Gasteiger partial charge in [0.2, 0.25) is 5.91 Å². The highest BCUT2D eigenvalue weighted by Gasteiger charge is 2.28. The normalized spacial score (nSPS) is 14.1. The maximum Gasteiger partial charge on any atom is 0.472 e. The van der Waals surface area contributed by atoms with Crippen LogP contribution >= 0.6 is 7.82 Å². The fourth-order valence-corrected chi connectivity index (χ4v) is 12.0. The van der Waals surface area contributed by atoms with E-state index in [1.807, 2.05) is 21.1 Å². The van der Waals surface area contributed by atoms with Crippen LogP contribution in [0.5, 0.6) is 0 Å². The Bertz CT molecular complexity index is 1780. The zero-order chi connectivity index (χ0) is 64.8. The number of carbonyl (C=O) groups excluding carboxylic acids is 1. The van der Waals surface area contributed by atoms with Crippen molar-refractivity contribution in [3.63, 3.8) is 0 Å². The molecule has 518 valence electrons. The molecule has 0 aromatic heterocycles. The molecule has 0 aromatic carbocycles. The summed E-state index contributed by atoms with van der Waals surface area (Å²) in [5.74, 6) is -0.148. The molecular formula is C80H148N2O6P+. The summed E-state index contributed by atoms with van der Waals surface area (Å²) in [6.45, 7) is 4.81. The molecule has 3 N–H and O–H groups in total. The SMILES string of the molecule is CC/C=C\C/C=C\C/C=C\C/C=C\C/C=C\C/C=C\C/C=C\C/C=C\CCCCCCCCCCCCC(=O)NC(COP(=O)(O)OCC[N+](C)(C)C)C(O)CCCCCCCCCCCCCCCCCCCCCCCCCCCCCCCCCC. The molecule has 3 unspecified atom stereocenters. The number of hydrogen-bond donors (Lipinski definition) is 3. The van der Waals surface area contributed by atoms with Gasteiger partial charge in [-0.1, -0.05) is 368 Å². The van der Waals surface area contributed by atoms with Gasteiger partial charge in [-0.2, -0.15) is 0 Å². The Morgan fingerprint density at radius 2 is 0.674 bits per heavy atom. The molecular weight excluding hydrogens is 1120 g/mol. The lowest BCUT2D eigenvalue weighted by atomic mass is 10.0. The van der Waals surface area contributed by atoms with Gasteiger partial charge in [-0.25, -0.2) is 4.57 Å². The van der Waals surface area contributed by atoms with Crippen LogP contribution in [0.1, 0.15) is 354 Å². The van der Waals surface area contributed by atoms with Crippen LogP contribution in [-0.2, 0) is 18.4 Å². The summed E-state index contributed by atoms with van der Waals surface area (Å²) in [4.78, 5) is 23.5. The van der Waals surface area contributed by atoms with Crippen molar-refractivity contribution in [1.82, 2.24) is 5.32 Å². The minimum atomic E-state index is -4.34. The van der Waals surface area contributed by atoms with E-state index in [1.165, 1.54) is 231 Å². The fourth-order valence-electron chi connectivity index (χ4n) is 11.2. The molecule has 0 aliphatic carbocycles. The van der Waals surface area contributed by atoms with Gasteiger partial charge in [0.1, 0.15) is 13.2 Å². The lowest BCUT2D eigenvalue weighted by Crippen LogP contribution is -2.46.